The van der Waals surface area contributed by atoms with Crippen molar-refractivity contribution in [3.8, 4) is 11.5 Å². The molecule has 0 radical (unpaired) electrons. The Labute approximate surface area is 147 Å². The van der Waals surface area contributed by atoms with Crippen molar-refractivity contribution in [1.82, 2.24) is 5.32 Å². The number of hydrogen-bond acceptors (Lipinski definition) is 6. The van der Waals surface area contributed by atoms with Gasteiger partial charge in [-0.25, -0.2) is 0 Å². The van der Waals surface area contributed by atoms with Crippen molar-refractivity contribution >= 4 is 28.5 Å². The van der Waals surface area contributed by atoms with E-state index in [1.165, 1.54) is 12.8 Å². The first-order valence-electron chi connectivity index (χ1n) is 8.12. The predicted molar refractivity (Wildman–Crippen MR) is 101 cm³/mol. The summed E-state index contributed by atoms with van der Waals surface area (Å²) >= 11 is 1.63. The third-order valence-corrected chi connectivity index (χ3v) is 4.66. The minimum Gasteiger partial charge on any atom is -0.497 e. The third-order valence-electron chi connectivity index (χ3n) is 4.04. The molecule has 1 saturated carbocycles. The quantitative estimate of drug-likeness (QED) is 0.827. The molecule has 3 rings (SSSR count). The van der Waals surface area contributed by atoms with E-state index in [0.717, 1.165) is 41.3 Å². The normalized spacial score (nSPS) is 21.9. The van der Waals surface area contributed by atoms with Gasteiger partial charge in [-0.15, -0.1) is 0 Å². The van der Waals surface area contributed by atoms with E-state index in [-0.39, 0.29) is 5.92 Å². The van der Waals surface area contributed by atoms with Gasteiger partial charge in [-0.1, -0.05) is 11.8 Å². The van der Waals surface area contributed by atoms with Crippen molar-refractivity contribution in [3.05, 3.63) is 18.2 Å². The van der Waals surface area contributed by atoms with Gasteiger partial charge < -0.3 is 20.1 Å². The summed E-state index contributed by atoms with van der Waals surface area (Å²) in [5.74, 6) is 2.85. The largest absolute Gasteiger partial charge is 0.497 e. The highest BCUT2D eigenvalue weighted by molar-refractivity contribution is 8.13. The number of benzene rings is 1. The summed E-state index contributed by atoms with van der Waals surface area (Å²) in [5.41, 5.74) is 0.969. The van der Waals surface area contributed by atoms with Gasteiger partial charge in [0.25, 0.3) is 0 Å². The summed E-state index contributed by atoms with van der Waals surface area (Å²) in [6.07, 6.45) is 4.43. The molecule has 0 saturated heterocycles. The second kappa shape index (κ2) is 7.79. The number of nitrogens with zero attached hydrogens (tertiary/aromatic N) is 2. The van der Waals surface area contributed by atoms with E-state index in [9.17, 15) is 0 Å². The molecule has 2 aliphatic rings. The fourth-order valence-electron chi connectivity index (χ4n) is 2.50. The van der Waals surface area contributed by atoms with Crippen LogP contribution in [0.4, 0.5) is 5.69 Å². The molecule has 0 aromatic heterocycles. The van der Waals surface area contributed by atoms with Crippen LogP contribution in [0.1, 0.15) is 12.8 Å². The van der Waals surface area contributed by atoms with Gasteiger partial charge >= 0.3 is 0 Å². The van der Waals surface area contributed by atoms with E-state index in [0.29, 0.717) is 6.04 Å². The van der Waals surface area contributed by atoms with Crippen molar-refractivity contribution in [1.29, 1.82) is 0 Å². The van der Waals surface area contributed by atoms with Crippen molar-refractivity contribution < 1.29 is 9.47 Å². The number of aliphatic imine (C=N–C) groups is 2. The van der Waals surface area contributed by atoms with Crippen molar-refractivity contribution in [2.75, 3.05) is 38.9 Å². The molecule has 1 fully saturated rings. The van der Waals surface area contributed by atoms with Crippen LogP contribution in [-0.4, -0.2) is 50.6 Å². The predicted octanol–water partition coefficient (Wildman–Crippen LogP) is 2.62. The standard InChI is InChI=1S/C17H24N4O2S/c1-22-14-6-13(7-15(8-14)23-2)18-9-11-10-19-17(24-3)21-16(11)20-12-4-5-12/h6-8,11-12,18H,4-5,9-10H2,1-3H3,(H,19,20,21). The van der Waals surface area contributed by atoms with Crippen LogP contribution in [0.25, 0.3) is 0 Å². The number of rotatable bonds is 6. The molecule has 7 heteroatoms. The number of ether oxygens (including phenoxy) is 2. The molecule has 24 heavy (non-hydrogen) atoms. The average molecular weight is 348 g/mol. The number of nitrogens with one attached hydrogen (secondary N) is 2. The Morgan fingerprint density at radius 1 is 1.25 bits per heavy atom. The van der Waals surface area contributed by atoms with E-state index in [1.807, 2.05) is 24.5 Å². The van der Waals surface area contributed by atoms with Gasteiger partial charge in [-0.3, -0.25) is 9.98 Å². The average Bonchev–Trinajstić information content (AvgIpc) is 3.44. The fraction of sp³-hybridized carbons (Fsp3) is 0.529. The Balaban J connectivity index is 1.69. The molecule has 0 bridgehead atoms. The maximum atomic E-state index is 5.32. The number of methoxy groups -OCH3 is 2. The highest BCUT2D eigenvalue weighted by atomic mass is 32.2. The Kier molecular flexibility index (Phi) is 5.50. The summed E-state index contributed by atoms with van der Waals surface area (Å²) in [6.45, 7) is 1.52. The van der Waals surface area contributed by atoms with Gasteiger partial charge in [0, 0.05) is 30.4 Å². The summed E-state index contributed by atoms with van der Waals surface area (Å²) in [5, 5.41) is 7.80. The summed E-state index contributed by atoms with van der Waals surface area (Å²) in [7, 11) is 3.31. The Hall–Kier alpha value is -1.89. The van der Waals surface area contributed by atoms with E-state index in [1.54, 1.807) is 26.0 Å². The molecule has 2 N–H and O–H groups in total. The fourth-order valence-corrected chi connectivity index (χ4v) is 2.91. The zero-order valence-corrected chi connectivity index (χ0v) is 15.2. The Bertz CT molecular complexity index is 621. The molecule has 1 atom stereocenters. The minimum absolute atomic E-state index is 0.249. The number of amidine groups is 2. The van der Waals surface area contributed by atoms with Crippen molar-refractivity contribution in [2.45, 2.75) is 18.9 Å². The van der Waals surface area contributed by atoms with Gasteiger partial charge in [-0.2, -0.15) is 0 Å². The van der Waals surface area contributed by atoms with Gasteiger partial charge in [0.1, 0.15) is 17.3 Å². The molecular weight excluding hydrogens is 324 g/mol. The lowest BCUT2D eigenvalue weighted by Gasteiger charge is -2.25. The van der Waals surface area contributed by atoms with Crippen LogP contribution in [0.15, 0.2) is 28.2 Å². The van der Waals surface area contributed by atoms with Gasteiger partial charge in [0.05, 0.1) is 32.7 Å². The van der Waals surface area contributed by atoms with Crippen LogP contribution in [0.5, 0.6) is 11.5 Å². The lowest BCUT2D eigenvalue weighted by molar-refractivity contribution is 0.394. The molecule has 1 aromatic rings. The van der Waals surface area contributed by atoms with Crippen LogP contribution < -0.4 is 20.1 Å². The molecule has 1 unspecified atom stereocenters. The summed E-state index contributed by atoms with van der Waals surface area (Å²) < 4.78 is 10.6. The molecule has 1 heterocycles. The maximum absolute atomic E-state index is 5.32. The van der Waals surface area contributed by atoms with Crippen LogP contribution in [0, 0.1) is 5.92 Å². The highest BCUT2D eigenvalue weighted by Gasteiger charge is 2.27. The van der Waals surface area contributed by atoms with Crippen LogP contribution in [0.2, 0.25) is 0 Å². The van der Waals surface area contributed by atoms with Gasteiger partial charge in [0.15, 0.2) is 5.17 Å². The van der Waals surface area contributed by atoms with Crippen molar-refractivity contribution in [3.63, 3.8) is 0 Å². The van der Waals surface area contributed by atoms with Crippen molar-refractivity contribution in [2.24, 2.45) is 15.9 Å². The highest BCUT2D eigenvalue weighted by Crippen LogP contribution is 2.27. The molecule has 0 spiro atoms. The minimum atomic E-state index is 0.249. The number of anilines is 1. The lowest BCUT2D eigenvalue weighted by Crippen LogP contribution is -2.43. The summed E-state index contributed by atoms with van der Waals surface area (Å²) in [6, 6.07) is 6.29. The first-order valence-corrected chi connectivity index (χ1v) is 9.34. The maximum Gasteiger partial charge on any atom is 0.161 e. The number of hydrogen-bond donors (Lipinski definition) is 2. The molecule has 1 aliphatic heterocycles. The monoisotopic (exact) mass is 348 g/mol. The second-order valence-electron chi connectivity index (χ2n) is 5.90. The Morgan fingerprint density at radius 2 is 1.96 bits per heavy atom. The molecule has 1 aromatic carbocycles. The van der Waals surface area contributed by atoms with E-state index in [2.05, 4.69) is 15.6 Å². The third kappa shape index (κ3) is 4.35. The van der Waals surface area contributed by atoms with E-state index >= 15 is 0 Å². The van der Waals surface area contributed by atoms with Crippen LogP contribution in [0.3, 0.4) is 0 Å². The van der Waals surface area contributed by atoms with Crippen LogP contribution >= 0.6 is 11.8 Å². The van der Waals surface area contributed by atoms with Gasteiger partial charge in [-0.05, 0) is 19.1 Å². The Morgan fingerprint density at radius 3 is 2.54 bits per heavy atom. The first-order chi connectivity index (χ1) is 11.7. The zero-order chi connectivity index (χ0) is 16.9. The molecule has 130 valence electrons. The van der Waals surface area contributed by atoms with E-state index < -0.39 is 0 Å². The molecule has 0 amide bonds. The van der Waals surface area contributed by atoms with Crippen LogP contribution in [-0.2, 0) is 0 Å². The molecule has 6 nitrogen and oxygen atoms in total. The zero-order valence-electron chi connectivity index (χ0n) is 14.3. The van der Waals surface area contributed by atoms with Gasteiger partial charge in [0.2, 0.25) is 0 Å². The SMILES string of the molecule is COc1cc(NCC2CN=C(SC)NC2=NC2CC2)cc(OC)c1. The number of thioether (sulfide) groups is 1. The molecule has 1 aliphatic carbocycles. The lowest BCUT2D eigenvalue weighted by atomic mass is 10.1. The molecular formula is C17H24N4O2S. The first kappa shape index (κ1) is 17.0. The second-order valence-corrected chi connectivity index (χ2v) is 6.69. The smallest absolute Gasteiger partial charge is 0.161 e. The van der Waals surface area contributed by atoms with E-state index in [4.69, 9.17) is 14.5 Å². The summed E-state index contributed by atoms with van der Waals surface area (Å²) in [4.78, 5) is 9.41. The topological polar surface area (TPSA) is 67.2 Å².